The first-order valence-corrected chi connectivity index (χ1v) is 8.93. The van der Waals surface area contributed by atoms with Gasteiger partial charge in [-0.2, -0.15) is 17.6 Å². The Labute approximate surface area is 180 Å². The Balaban J connectivity index is 2.16. The number of ketones is 2. The van der Waals surface area contributed by atoms with E-state index in [2.05, 4.69) is 4.74 Å². The van der Waals surface area contributed by atoms with Gasteiger partial charge in [0.2, 0.25) is 0 Å². The number of benzene rings is 2. The fourth-order valence-electron chi connectivity index (χ4n) is 2.33. The maximum absolute atomic E-state index is 13.9. The molecule has 0 aliphatic heterocycles. The van der Waals surface area contributed by atoms with E-state index in [-0.39, 0.29) is 23.3 Å². The molecule has 0 aliphatic rings. The van der Waals surface area contributed by atoms with Crippen LogP contribution in [0.4, 0.5) is 17.6 Å². The Bertz CT molecular complexity index is 1040. The Morgan fingerprint density at radius 3 is 1.53 bits per heavy atom. The lowest BCUT2D eigenvalue weighted by molar-refractivity contribution is -0.336. The summed E-state index contributed by atoms with van der Waals surface area (Å²) >= 11 is 0. The molecule has 0 unspecified atom stereocenters. The van der Waals surface area contributed by atoms with Crippen LogP contribution in [0.1, 0.15) is 16.7 Å². The van der Waals surface area contributed by atoms with E-state index in [1.807, 2.05) is 0 Å². The summed E-state index contributed by atoms with van der Waals surface area (Å²) in [6.07, 6.45) is -10.3. The van der Waals surface area contributed by atoms with E-state index in [1.54, 1.807) is 6.92 Å². The van der Waals surface area contributed by atoms with Gasteiger partial charge in [0.1, 0.15) is 17.3 Å². The number of aliphatic hydroxyl groups is 2. The van der Waals surface area contributed by atoms with Crippen LogP contribution in [0.15, 0.2) is 60.7 Å². The number of hydrogen-bond acceptors (Lipinski definition) is 6. The lowest BCUT2D eigenvalue weighted by Crippen LogP contribution is -2.42. The van der Waals surface area contributed by atoms with Gasteiger partial charge in [-0.05, 0) is 31.2 Å². The van der Waals surface area contributed by atoms with Gasteiger partial charge < -0.3 is 14.9 Å². The van der Waals surface area contributed by atoms with Gasteiger partial charge in [-0.15, -0.1) is 0 Å². The van der Waals surface area contributed by atoms with E-state index >= 15 is 0 Å². The molecule has 0 aromatic heterocycles. The van der Waals surface area contributed by atoms with Crippen molar-refractivity contribution in [1.82, 2.24) is 0 Å². The van der Waals surface area contributed by atoms with E-state index in [1.165, 1.54) is 55.6 Å². The molecule has 0 saturated heterocycles. The summed E-state index contributed by atoms with van der Waals surface area (Å²) in [5.41, 5.74) is 0.685. The molecule has 0 fully saturated rings. The lowest BCUT2D eigenvalue weighted by Gasteiger charge is -2.20. The Morgan fingerprint density at radius 1 is 0.781 bits per heavy atom. The van der Waals surface area contributed by atoms with Crippen molar-refractivity contribution in [3.8, 4) is 5.75 Å². The van der Waals surface area contributed by atoms with Crippen LogP contribution in [0, 0.1) is 6.92 Å². The molecule has 2 rings (SSSR count). The average molecular weight is 454 g/mol. The standard InChI is InChI=1S/C22H18F4O6/c1-13-3-5-14(6-4-13)17(27)11-19(29)21(23,24)32-22(25,26)20(30)12-18(28)15-7-9-16(31-2)10-8-15/h3-12,27-28H,1-2H3/b17-11-,18-12-. The SMILES string of the molecule is COc1ccc(/C(O)=C/C(=O)C(F)(F)OC(F)(F)C(=O)/C=C(\O)c2ccc(C)cc2)cc1. The summed E-state index contributed by atoms with van der Waals surface area (Å²) in [5, 5.41) is 19.6. The van der Waals surface area contributed by atoms with Crippen molar-refractivity contribution >= 4 is 23.1 Å². The zero-order valence-electron chi connectivity index (χ0n) is 16.8. The molecule has 0 atom stereocenters. The van der Waals surface area contributed by atoms with Crippen molar-refractivity contribution < 1.29 is 46.8 Å². The first-order chi connectivity index (χ1) is 14.9. The van der Waals surface area contributed by atoms with Gasteiger partial charge in [0.25, 0.3) is 11.6 Å². The Morgan fingerprint density at radius 2 is 1.16 bits per heavy atom. The van der Waals surface area contributed by atoms with E-state index in [0.29, 0.717) is 5.75 Å². The lowest BCUT2D eigenvalue weighted by atomic mass is 10.1. The van der Waals surface area contributed by atoms with Gasteiger partial charge in [-0.1, -0.05) is 29.8 Å². The predicted octanol–water partition coefficient (Wildman–Crippen LogP) is 4.84. The third-order valence-corrected chi connectivity index (χ3v) is 4.10. The minimum Gasteiger partial charge on any atom is -0.507 e. The number of rotatable bonds is 9. The molecule has 2 aromatic rings. The number of halogens is 4. The predicted molar refractivity (Wildman–Crippen MR) is 106 cm³/mol. The van der Waals surface area contributed by atoms with Gasteiger partial charge >= 0.3 is 12.2 Å². The Hall–Kier alpha value is -3.66. The first kappa shape index (κ1) is 24.6. The molecule has 2 N–H and O–H groups in total. The molecular weight excluding hydrogens is 436 g/mol. The highest BCUT2D eigenvalue weighted by Crippen LogP contribution is 2.31. The second kappa shape index (κ2) is 9.65. The van der Waals surface area contributed by atoms with Crippen molar-refractivity contribution in [2.75, 3.05) is 7.11 Å². The fraction of sp³-hybridized carbons (Fsp3) is 0.182. The van der Waals surface area contributed by atoms with Crippen molar-refractivity contribution in [2.24, 2.45) is 0 Å². The molecule has 0 heterocycles. The molecule has 10 heteroatoms. The summed E-state index contributed by atoms with van der Waals surface area (Å²) in [5.74, 6) is -6.13. The first-order valence-electron chi connectivity index (χ1n) is 8.93. The molecule has 0 amide bonds. The number of aryl methyl sites for hydroxylation is 1. The Kier molecular flexibility index (Phi) is 7.42. The van der Waals surface area contributed by atoms with E-state index in [0.717, 1.165) is 5.56 Å². The maximum Gasteiger partial charge on any atom is 0.425 e. The molecule has 170 valence electrons. The van der Waals surface area contributed by atoms with Crippen molar-refractivity contribution in [3.63, 3.8) is 0 Å². The minimum absolute atomic E-state index is 0.00981. The van der Waals surface area contributed by atoms with Crippen LogP contribution in [-0.2, 0) is 14.3 Å². The molecule has 6 nitrogen and oxygen atoms in total. The van der Waals surface area contributed by atoms with Gasteiger partial charge in [0.15, 0.2) is 0 Å². The minimum atomic E-state index is -5.16. The van der Waals surface area contributed by atoms with E-state index in [4.69, 9.17) is 4.74 Å². The van der Waals surface area contributed by atoms with Crippen LogP contribution in [0.2, 0.25) is 0 Å². The topological polar surface area (TPSA) is 93.1 Å². The number of methoxy groups -OCH3 is 1. The smallest absolute Gasteiger partial charge is 0.425 e. The largest absolute Gasteiger partial charge is 0.507 e. The molecular formula is C22H18F4O6. The summed E-state index contributed by atoms with van der Waals surface area (Å²) in [4.78, 5) is 23.4. The average Bonchev–Trinajstić information content (AvgIpc) is 2.73. The third kappa shape index (κ3) is 6.17. The van der Waals surface area contributed by atoms with Gasteiger partial charge in [0.05, 0.1) is 7.11 Å². The fourth-order valence-corrected chi connectivity index (χ4v) is 2.33. The van der Waals surface area contributed by atoms with Crippen LogP contribution >= 0.6 is 0 Å². The molecule has 0 bridgehead atoms. The monoisotopic (exact) mass is 454 g/mol. The number of carbonyl (C=O) groups excluding carboxylic acids is 2. The molecule has 2 aromatic carbocycles. The number of hydrogen-bond donors (Lipinski definition) is 2. The number of ether oxygens (including phenoxy) is 2. The molecule has 0 aliphatic carbocycles. The highest BCUT2D eigenvalue weighted by Gasteiger charge is 2.52. The van der Waals surface area contributed by atoms with E-state index in [9.17, 15) is 37.4 Å². The van der Waals surface area contributed by atoms with Crippen LogP contribution in [0.3, 0.4) is 0 Å². The molecule has 0 radical (unpaired) electrons. The highest BCUT2D eigenvalue weighted by atomic mass is 19.3. The number of carbonyl (C=O) groups is 2. The number of alkyl halides is 4. The number of aliphatic hydroxyl groups excluding tert-OH is 2. The zero-order valence-corrected chi connectivity index (χ0v) is 16.8. The molecule has 0 saturated carbocycles. The normalized spacial score (nSPS) is 13.1. The summed E-state index contributed by atoms with van der Waals surface area (Å²) in [6.45, 7) is 1.72. The quantitative estimate of drug-likeness (QED) is 0.320. The third-order valence-electron chi connectivity index (χ3n) is 4.10. The van der Waals surface area contributed by atoms with Crippen molar-refractivity contribution in [1.29, 1.82) is 0 Å². The van der Waals surface area contributed by atoms with Crippen molar-refractivity contribution in [3.05, 3.63) is 77.4 Å². The van der Waals surface area contributed by atoms with Crippen LogP contribution in [0.25, 0.3) is 11.5 Å². The highest BCUT2D eigenvalue weighted by molar-refractivity contribution is 6.01. The van der Waals surface area contributed by atoms with Crippen LogP contribution in [0.5, 0.6) is 5.75 Å². The van der Waals surface area contributed by atoms with Crippen LogP contribution in [-0.4, -0.2) is 41.1 Å². The van der Waals surface area contributed by atoms with Gasteiger partial charge in [-0.3, -0.25) is 9.59 Å². The zero-order chi connectivity index (χ0) is 24.1. The van der Waals surface area contributed by atoms with Crippen molar-refractivity contribution in [2.45, 2.75) is 19.1 Å². The maximum atomic E-state index is 13.9. The summed E-state index contributed by atoms with van der Waals surface area (Å²) < 4.78 is 63.7. The van der Waals surface area contributed by atoms with E-state index < -0.39 is 35.3 Å². The summed E-state index contributed by atoms with van der Waals surface area (Å²) in [6, 6.07) is 10.9. The second-order valence-electron chi connectivity index (χ2n) is 6.52. The molecule has 32 heavy (non-hydrogen) atoms. The summed E-state index contributed by atoms with van der Waals surface area (Å²) in [7, 11) is 1.36. The van der Waals surface area contributed by atoms with Crippen LogP contribution < -0.4 is 4.74 Å². The second-order valence-corrected chi connectivity index (χ2v) is 6.52. The molecule has 0 spiro atoms. The van der Waals surface area contributed by atoms with Gasteiger partial charge in [0, 0.05) is 23.3 Å². The van der Waals surface area contributed by atoms with Gasteiger partial charge in [-0.25, -0.2) is 4.74 Å².